The Balaban J connectivity index is 1.91. The molecule has 2 aliphatic heterocycles. The average molecular weight is 311 g/mol. The van der Waals surface area contributed by atoms with E-state index in [1.807, 2.05) is 32.0 Å². The zero-order valence-corrected chi connectivity index (χ0v) is 13.2. The Hall–Kier alpha value is -1.27. The quantitative estimate of drug-likeness (QED) is 0.855. The van der Waals surface area contributed by atoms with Crippen LogP contribution in [0, 0.1) is 0 Å². The van der Waals surface area contributed by atoms with E-state index in [9.17, 15) is 8.42 Å². The molecule has 1 fully saturated rings. The van der Waals surface area contributed by atoms with Crippen LogP contribution < -0.4 is 14.8 Å². The second-order valence-electron chi connectivity index (χ2n) is 6.39. The molecule has 0 bridgehead atoms. The summed E-state index contributed by atoms with van der Waals surface area (Å²) < 4.78 is 35.5. The van der Waals surface area contributed by atoms with Crippen molar-refractivity contribution in [1.29, 1.82) is 0 Å². The van der Waals surface area contributed by atoms with Crippen LogP contribution in [0.5, 0.6) is 11.5 Å². The molecule has 1 unspecified atom stereocenters. The van der Waals surface area contributed by atoms with Gasteiger partial charge in [-0.05, 0) is 31.5 Å². The third kappa shape index (κ3) is 3.32. The van der Waals surface area contributed by atoms with Gasteiger partial charge in [-0.25, -0.2) is 8.42 Å². The predicted octanol–water partition coefficient (Wildman–Crippen LogP) is 1.69. The van der Waals surface area contributed by atoms with E-state index in [4.69, 9.17) is 9.47 Å². The van der Waals surface area contributed by atoms with Crippen LogP contribution in [-0.4, -0.2) is 38.7 Å². The SMILES string of the molecule is CC1(C)CS(=O)(=O)CC(c2ccc3c(c2)OCCCO3)N1. The molecule has 0 amide bonds. The lowest BCUT2D eigenvalue weighted by Gasteiger charge is -2.37. The highest BCUT2D eigenvalue weighted by molar-refractivity contribution is 7.91. The Morgan fingerprint density at radius 1 is 1.19 bits per heavy atom. The first-order valence-electron chi connectivity index (χ1n) is 7.22. The number of hydrogen-bond acceptors (Lipinski definition) is 5. The summed E-state index contributed by atoms with van der Waals surface area (Å²) in [5.74, 6) is 1.72. The lowest BCUT2D eigenvalue weighted by atomic mass is 10.0. The lowest BCUT2D eigenvalue weighted by molar-refractivity contribution is 0.296. The number of ether oxygens (including phenoxy) is 2. The Morgan fingerprint density at radius 2 is 1.90 bits per heavy atom. The fourth-order valence-corrected chi connectivity index (χ4v) is 5.08. The smallest absolute Gasteiger partial charge is 0.161 e. The van der Waals surface area contributed by atoms with Gasteiger partial charge in [0.2, 0.25) is 0 Å². The molecule has 1 aromatic rings. The molecule has 1 atom stereocenters. The zero-order chi connectivity index (χ0) is 15.1. The van der Waals surface area contributed by atoms with Crippen molar-refractivity contribution in [2.75, 3.05) is 24.7 Å². The standard InChI is InChI=1S/C15H21NO4S/c1-15(2)10-21(17,18)9-12(16-15)11-4-5-13-14(8-11)20-7-3-6-19-13/h4-5,8,12,16H,3,6-7,9-10H2,1-2H3. The normalized spacial score (nSPS) is 26.9. The molecule has 0 radical (unpaired) electrons. The van der Waals surface area contributed by atoms with Gasteiger partial charge in [0.1, 0.15) is 0 Å². The molecule has 0 spiro atoms. The van der Waals surface area contributed by atoms with Crippen LogP contribution in [-0.2, 0) is 9.84 Å². The number of benzene rings is 1. The molecule has 21 heavy (non-hydrogen) atoms. The van der Waals surface area contributed by atoms with Crippen molar-refractivity contribution < 1.29 is 17.9 Å². The Morgan fingerprint density at radius 3 is 2.62 bits per heavy atom. The molecule has 2 heterocycles. The molecule has 2 aliphatic rings. The van der Waals surface area contributed by atoms with Crippen LogP contribution in [0.25, 0.3) is 0 Å². The molecule has 3 rings (SSSR count). The fourth-order valence-electron chi connectivity index (χ4n) is 2.99. The minimum Gasteiger partial charge on any atom is -0.490 e. The Bertz CT molecular complexity index is 639. The van der Waals surface area contributed by atoms with Crippen molar-refractivity contribution >= 4 is 9.84 Å². The first-order valence-corrected chi connectivity index (χ1v) is 9.04. The van der Waals surface area contributed by atoms with Crippen LogP contribution >= 0.6 is 0 Å². The van der Waals surface area contributed by atoms with Crippen molar-refractivity contribution in [1.82, 2.24) is 5.32 Å². The fraction of sp³-hybridized carbons (Fsp3) is 0.600. The van der Waals surface area contributed by atoms with Crippen molar-refractivity contribution in [2.45, 2.75) is 31.8 Å². The number of hydrogen-bond donors (Lipinski definition) is 1. The van der Waals surface area contributed by atoms with E-state index < -0.39 is 15.4 Å². The maximum atomic E-state index is 12.1. The summed E-state index contributed by atoms with van der Waals surface area (Å²) in [4.78, 5) is 0. The highest BCUT2D eigenvalue weighted by Crippen LogP contribution is 2.34. The molecular formula is C15H21NO4S. The summed E-state index contributed by atoms with van der Waals surface area (Å²) in [5, 5.41) is 3.41. The van der Waals surface area contributed by atoms with Gasteiger partial charge in [-0.2, -0.15) is 0 Å². The minimum atomic E-state index is -3.05. The molecular weight excluding hydrogens is 290 g/mol. The second kappa shape index (κ2) is 5.18. The van der Waals surface area contributed by atoms with Gasteiger partial charge in [0, 0.05) is 18.0 Å². The predicted molar refractivity (Wildman–Crippen MR) is 80.7 cm³/mol. The van der Waals surface area contributed by atoms with Crippen LogP contribution in [0.15, 0.2) is 18.2 Å². The van der Waals surface area contributed by atoms with Gasteiger partial charge in [0.05, 0.1) is 24.7 Å². The molecule has 0 aromatic heterocycles. The van der Waals surface area contributed by atoms with Gasteiger partial charge in [-0.3, -0.25) is 0 Å². The molecule has 0 aliphatic carbocycles. The maximum Gasteiger partial charge on any atom is 0.161 e. The number of fused-ring (bicyclic) bond motifs is 1. The molecule has 1 N–H and O–H groups in total. The number of nitrogens with one attached hydrogen (secondary N) is 1. The van der Waals surface area contributed by atoms with Crippen molar-refractivity contribution in [3.8, 4) is 11.5 Å². The van der Waals surface area contributed by atoms with E-state index in [0.717, 1.165) is 17.7 Å². The van der Waals surface area contributed by atoms with Crippen LogP contribution in [0.1, 0.15) is 31.9 Å². The summed E-state index contributed by atoms with van der Waals surface area (Å²) in [6, 6.07) is 5.47. The van der Waals surface area contributed by atoms with E-state index in [0.29, 0.717) is 19.0 Å². The summed E-state index contributed by atoms with van der Waals surface area (Å²) in [6.45, 7) is 5.10. The lowest BCUT2D eigenvalue weighted by Crippen LogP contribution is -2.54. The van der Waals surface area contributed by atoms with E-state index in [1.54, 1.807) is 0 Å². The van der Waals surface area contributed by atoms with Crippen molar-refractivity contribution in [3.05, 3.63) is 23.8 Å². The molecule has 0 saturated carbocycles. The summed E-state index contributed by atoms with van der Waals surface area (Å²) >= 11 is 0. The summed E-state index contributed by atoms with van der Waals surface area (Å²) in [5.41, 5.74) is 0.502. The molecule has 116 valence electrons. The van der Waals surface area contributed by atoms with Crippen LogP contribution in [0.4, 0.5) is 0 Å². The topological polar surface area (TPSA) is 64.6 Å². The highest BCUT2D eigenvalue weighted by Gasteiger charge is 2.37. The van der Waals surface area contributed by atoms with Crippen LogP contribution in [0.3, 0.4) is 0 Å². The van der Waals surface area contributed by atoms with Crippen LogP contribution in [0.2, 0.25) is 0 Å². The van der Waals surface area contributed by atoms with E-state index in [1.165, 1.54) is 0 Å². The maximum absolute atomic E-state index is 12.1. The van der Waals surface area contributed by atoms with E-state index in [-0.39, 0.29) is 17.5 Å². The Kier molecular flexibility index (Phi) is 3.61. The minimum absolute atomic E-state index is 0.121. The van der Waals surface area contributed by atoms with Gasteiger partial charge >= 0.3 is 0 Å². The van der Waals surface area contributed by atoms with E-state index in [2.05, 4.69) is 5.32 Å². The summed E-state index contributed by atoms with van der Waals surface area (Å²) in [7, 11) is -3.05. The van der Waals surface area contributed by atoms with Gasteiger partial charge < -0.3 is 14.8 Å². The largest absolute Gasteiger partial charge is 0.490 e. The third-order valence-electron chi connectivity index (χ3n) is 3.74. The first-order chi connectivity index (χ1) is 9.85. The Labute approximate surface area is 125 Å². The third-order valence-corrected chi connectivity index (χ3v) is 5.74. The van der Waals surface area contributed by atoms with Gasteiger partial charge in [0.15, 0.2) is 21.3 Å². The van der Waals surface area contributed by atoms with Gasteiger partial charge in [-0.15, -0.1) is 0 Å². The molecule has 6 heteroatoms. The van der Waals surface area contributed by atoms with Crippen molar-refractivity contribution in [2.24, 2.45) is 0 Å². The monoisotopic (exact) mass is 311 g/mol. The molecule has 5 nitrogen and oxygen atoms in total. The highest BCUT2D eigenvalue weighted by atomic mass is 32.2. The molecule has 1 saturated heterocycles. The first kappa shape index (κ1) is 14.7. The summed E-state index contributed by atoms with van der Waals surface area (Å²) in [6.07, 6.45) is 0.854. The second-order valence-corrected chi connectivity index (χ2v) is 8.50. The van der Waals surface area contributed by atoms with Crippen molar-refractivity contribution in [3.63, 3.8) is 0 Å². The van der Waals surface area contributed by atoms with Gasteiger partial charge in [0.25, 0.3) is 0 Å². The average Bonchev–Trinajstić information content (AvgIpc) is 2.59. The number of sulfone groups is 1. The molecule has 1 aromatic carbocycles. The van der Waals surface area contributed by atoms with Gasteiger partial charge in [-0.1, -0.05) is 6.07 Å². The van der Waals surface area contributed by atoms with E-state index >= 15 is 0 Å². The zero-order valence-electron chi connectivity index (χ0n) is 12.4. The number of rotatable bonds is 1.